The summed E-state index contributed by atoms with van der Waals surface area (Å²) in [6.45, 7) is 0. The average Bonchev–Trinajstić information content (AvgIpc) is 2.19. The number of carbonyl (C=O) groups excluding carboxylic acids is 1. The Labute approximate surface area is 85.2 Å². The van der Waals surface area contributed by atoms with Crippen LogP contribution in [0, 0.1) is 5.82 Å². The van der Waals surface area contributed by atoms with Crippen molar-refractivity contribution in [3.05, 3.63) is 29.6 Å². The molecule has 0 saturated heterocycles. The van der Waals surface area contributed by atoms with Crippen LogP contribution in [0.5, 0.6) is 5.75 Å². The molecule has 0 aliphatic rings. The number of aliphatic imine (C=N–C) groups is 1. The zero-order valence-corrected chi connectivity index (χ0v) is 8.10. The number of hydrogen-bond acceptors (Lipinski definition) is 3. The summed E-state index contributed by atoms with van der Waals surface area (Å²) in [6.07, 6.45) is 0. The Morgan fingerprint density at radius 1 is 1.64 bits per heavy atom. The first-order valence-electron chi connectivity index (χ1n) is 3.64. The number of benzene rings is 1. The van der Waals surface area contributed by atoms with Crippen molar-refractivity contribution in [1.29, 1.82) is 0 Å². The summed E-state index contributed by atoms with van der Waals surface area (Å²) in [5.41, 5.74) is 0.209. The van der Waals surface area contributed by atoms with E-state index >= 15 is 0 Å². The van der Waals surface area contributed by atoms with Gasteiger partial charge in [0.05, 0.1) is 12.3 Å². The molecule has 1 rings (SSSR count). The lowest BCUT2D eigenvalue weighted by Crippen LogP contribution is -1.96. The van der Waals surface area contributed by atoms with E-state index in [4.69, 9.17) is 4.74 Å². The molecule has 0 aliphatic carbocycles. The van der Waals surface area contributed by atoms with Gasteiger partial charge in [-0.15, -0.1) is 0 Å². The van der Waals surface area contributed by atoms with E-state index in [1.807, 2.05) is 5.16 Å². The molecule has 0 radical (unpaired) electrons. The summed E-state index contributed by atoms with van der Waals surface area (Å²) in [5.74, 6) is -1.11. The van der Waals surface area contributed by atoms with Crippen LogP contribution in [0.2, 0.25) is 0 Å². The Bertz CT molecular complexity index is 413. The molecule has 72 valence electrons. The topological polar surface area (TPSA) is 38.7 Å². The van der Waals surface area contributed by atoms with Crippen LogP contribution in [0.1, 0.15) is 10.4 Å². The molecule has 0 fully saturated rings. The standard InChI is InChI=1S/C9H6FNO2S/c1-13-8-4-6(2-3-7(8)10)9(12)11-5-14/h2-4H,1H3. The summed E-state index contributed by atoms with van der Waals surface area (Å²) < 4.78 is 17.6. The molecule has 0 heterocycles. The zero-order valence-electron chi connectivity index (χ0n) is 7.28. The van der Waals surface area contributed by atoms with Crippen LogP contribution in [0.25, 0.3) is 0 Å². The lowest BCUT2D eigenvalue weighted by molar-refractivity contribution is 0.100. The van der Waals surface area contributed by atoms with E-state index in [2.05, 4.69) is 17.2 Å². The van der Waals surface area contributed by atoms with Gasteiger partial charge >= 0.3 is 0 Å². The number of ether oxygens (including phenoxy) is 1. The Hall–Kier alpha value is -1.58. The van der Waals surface area contributed by atoms with Gasteiger partial charge in [0.15, 0.2) is 11.6 Å². The van der Waals surface area contributed by atoms with Crippen LogP contribution in [-0.4, -0.2) is 18.2 Å². The molecular formula is C9H6FNO2S. The predicted octanol–water partition coefficient (Wildman–Crippen LogP) is 2.08. The molecule has 0 spiro atoms. The van der Waals surface area contributed by atoms with E-state index in [0.717, 1.165) is 6.07 Å². The lowest BCUT2D eigenvalue weighted by atomic mass is 10.2. The number of isothiocyanates is 1. The Kier molecular flexibility index (Phi) is 3.45. The van der Waals surface area contributed by atoms with E-state index in [0.29, 0.717) is 0 Å². The van der Waals surface area contributed by atoms with Gasteiger partial charge in [-0.25, -0.2) is 4.39 Å². The highest BCUT2D eigenvalue weighted by molar-refractivity contribution is 7.78. The van der Waals surface area contributed by atoms with Crippen LogP contribution < -0.4 is 4.74 Å². The van der Waals surface area contributed by atoms with E-state index < -0.39 is 11.7 Å². The van der Waals surface area contributed by atoms with Crippen LogP contribution >= 0.6 is 12.2 Å². The second-order valence-electron chi connectivity index (χ2n) is 2.36. The fraction of sp³-hybridized carbons (Fsp3) is 0.111. The quantitative estimate of drug-likeness (QED) is 0.555. The van der Waals surface area contributed by atoms with Crippen molar-refractivity contribution in [3.8, 4) is 5.75 Å². The van der Waals surface area contributed by atoms with Crippen LogP contribution in [0.15, 0.2) is 23.2 Å². The first-order chi connectivity index (χ1) is 6.69. The van der Waals surface area contributed by atoms with Crippen LogP contribution in [0.3, 0.4) is 0 Å². The first-order valence-corrected chi connectivity index (χ1v) is 4.05. The molecule has 1 aromatic rings. The number of amides is 1. The minimum Gasteiger partial charge on any atom is -0.494 e. The third-order valence-electron chi connectivity index (χ3n) is 1.55. The molecule has 3 nitrogen and oxygen atoms in total. The summed E-state index contributed by atoms with van der Waals surface area (Å²) in [6, 6.07) is 3.69. The fourth-order valence-electron chi connectivity index (χ4n) is 0.899. The van der Waals surface area contributed by atoms with Crippen molar-refractivity contribution in [2.75, 3.05) is 7.11 Å². The highest BCUT2D eigenvalue weighted by Crippen LogP contribution is 2.18. The van der Waals surface area contributed by atoms with Crippen LogP contribution in [0.4, 0.5) is 4.39 Å². The minimum atomic E-state index is -0.571. The number of methoxy groups -OCH3 is 1. The SMILES string of the molecule is COc1cc(C(=O)N=C=S)ccc1F. The number of nitrogens with zero attached hydrogens (tertiary/aromatic N) is 1. The molecular weight excluding hydrogens is 205 g/mol. The zero-order chi connectivity index (χ0) is 10.6. The largest absolute Gasteiger partial charge is 0.494 e. The predicted molar refractivity (Wildman–Crippen MR) is 52.3 cm³/mol. The van der Waals surface area contributed by atoms with Gasteiger partial charge in [0.1, 0.15) is 0 Å². The number of halogens is 1. The molecule has 0 bridgehead atoms. The molecule has 1 amide bonds. The molecule has 0 aromatic heterocycles. The summed E-state index contributed by atoms with van der Waals surface area (Å²) >= 11 is 4.27. The van der Waals surface area contributed by atoms with Gasteiger partial charge in [-0.05, 0) is 30.4 Å². The normalized spacial score (nSPS) is 9.00. The molecule has 5 heteroatoms. The number of hydrogen-bond donors (Lipinski definition) is 0. The van der Waals surface area contributed by atoms with E-state index in [9.17, 15) is 9.18 Å². The lowest BCUT2D eigenvalue weighted by Gasteiger charge is -2.01. The second kappa shape index (κ2) is 4.60. The maximum absolute atomic E-state index is 12.9. The maximum atomic E-state index is 12.9. The Morgan fingerprint density at radius 3 is 2.93 bits per heavy atom. The van der Waals surface area contributed by atoms with Crippen molar-refractivity contribution >= 4 is 23.3 Å². The van der Waals surface area contributed by atoms with E-state index in [1.54, 1.807) is 0 Å². The Morgan fingerprint density at radius 2 is 2.36 bits per heavy atom. The Balaban J connectivity index is 3.12. The number of carbonyl (C=O) groups is 1. The van der Waals surface area contributed by atoms with Gasteiger partial charge in [0.2, 0.25) is 0 Å². The van der Waals surface area contributed by atoms with E-state index in [1.165, 1.54) is 19.2 Å². The molecule has 0 atom stereocenters. The minimum absolute atomic E-state index is 0.00424. The first kappa shape index (κ1) is 10.5. The monoisotopic (exact) mass is 211 g/mol. The van der Waals surface area contributed by atoms with Gasteiger partial charge in [0, 0.05) is 5.56 Å². The molecule has 0 saturated carbocycles. The van der Waals surface area contributed by atoms with Crippen LogP contribution in [-0.2, 0) is 0 Å². The number of thiocarbonyl (C=S) groups is 1. The van der Waals surface area contributed by atoms with Crippen molar-refractivity contribution in [2.45, 2.75) is 0 Å². The molecule has 0 unspecified atom stereocenters. The summed E-state index contributed by atoms with van der Waals surface area (Å²) in [5, 5.41) is 1.94. The molecule has 14 heavy (non-hydrogen) atoms. The van der Waals surface area contributed by atoms with Crippen molar-refractivity contribution in [2.24, 2.45) is 4.99 Å². The number of rotatable bonds is 2. The van der Waals surface area contributed by atoms with Gasteiger partial charge < -0.3 is 4.74 Å². The van der Waals surface area contributed by atoms with Gasteiger partial charge in [-0.2, -0.15) is 4.99 Å². The van der Waals surface area contributed by atoms with Gasteiger partial charge in [-0.3, -0.25) is 4.79 Å². The molecule has 0 aliphatic heterocycles. The average molecular weight is 211 g/mol. The smallest absolute Gasteiger partial charge is 0.285 e. The van der Waals surface area contributed by atoms with Gasteiger partial charge in [-0.1, -0.05) is 0 Å². The third kappa shape index (κ3) is 2.22. The van der Waals surface area contributed by atoms with Gasteiger partial charge in [0.25, 0.3) is 5.91 Å². The highest BCUT2D eigenvalue weighted by Gasteiger charge is 2.08. The fourth-order valence-corrected chi connectivity index (χ4v) is 0.982. The third-order valence-corrected chi connectivity index (χ3v) is 1.64. The summed E-state index contributed by atoms with van der Waals surface area (Å²) in [7, 11) is 1.31. The second-order valence-corrected chi connectivity index (χ2v) is 2.54. The highest BCUT2D eigenvalue weighted by atomic mass is 32.1. The van der Waals surface area contributed by atoms with Crippen molar-refractivity contribution in [3.63, 3.8) is 0 Å². The summed E-state index contributed by atoms with van der Waals surface area (Å²) in [4.78, 5) is 14.4. The maximum Gasteiger partial charge on any atom is 0.285 e. The van der Waals surface area contributed by atoms with Crippen molar-refractivity contribution < 1.29 is 13.9 Å². The van der Waals surface area contributed by atoms with E-state index in [-0.39, 0.29) is 11.3 Å². The molecule has 1 aromatic carbocycles. The van der Waals surface area contributed by atoms with Crippen molar-refractivity contribution in [1.82, 2.24) is 0 Å². The molecule has 0 N–H and O–H groups in total.